The zero-order chi connectivity index (χ0) is 14.4. The normalized spacial score (nSPS) is 18.4. The Balaban J connectivity index is 1.52. The number of nitrogen functional groups attached to an aromatic ring is 1. The van der Waals surface area contributed by atoms with Gasteiger partial charge < -0.3 is 11.1 Å². The highest BCUT2D eigenvalue weighted by atomic mass is 32.1. The minimum absolute atomic E-state index is 0.599. The van der Waals surface area contributed by atoms with Crippen LogP contribution in [0.15, 0.2) is 5.38 Å². The third-order valence-electron chi connectivity index (χ3n) is 4.55. The van der Waals surface area contributed by atoms with E-state index in [0.717, 1.165) is 45.6 Å². The zero-order valence-corrected chi connectivity index (χ0v) is 13.8. The second-order valence-corrected chi connectivity index (χ2v) is 8.08. The predicted molar refractivity (Wildman–Crippen MR) is 89.8 cm³/mol. The van der Waals surface area contributed by atoms with E-state index in [-0.39, 0.29) is 0 Å². The van der Waals surface area contributed by atoms with Gasteiger partial charge in [-0.1, -0.05) is 0 Å². The fourth-order valence-electron chi connectivity index (χ4n) is 3.13. The van der Waals surface area contributed by atoms with Gasteiger partial charge in [-0.25, -0.2) is 4.98 Å². The van der Waals surface area contributed by atoms with Crippen LogP contribution in [-0.2, 0) is 0 Å². The number of hydrogen-bond acceptors (Lipinski definition) is 6. The van der Waals surface area contributed by atoms with Crippen LogP contribution in [0.3, 0.4) is 0 Å². The lowest BCUT2D eigenvalue weighted by Crippen LogP contribution is -2.18. The van der Waals surface area contributed by atoms with E-state index in [4.69, 9.17) is 5.73 Å². The number of hydrogen-bond donors (Lipinski definition) is 2. The molecule has 0 aliphatic heterocycles. The van der Waals surface area contributed by atoms with Crippen LogP contribution >= 0.6 is 22.9 Å². The first kappa shape index (κ1) is 13.5. The minimum atomic E-state index is 0.599. The number of thiazole rings is 1. The van der Waals surface area contributed by atoms with Gasteiger partial charge in [0.05, 0.1) is 16.3 Å². The number of aryl methyl sites for hydroxylation is 1. The number of aromatic nitrogens is 2. The molecule has 0 aromatic carbocycles. The molecule has 2 heterocycles. The summed E-state index contributed by atoms with van der Waals surface area (Å²) in [7, 11) is 0. The molecular formula is C15H20N4S2. The number of nitrogens with one attached hydrogen (secondary N) is 1. The highest BCUT2D eigenvalue weighted by Gasteiger charge is 2.41. The van der Waals surface area contributed by atoms with E-state index < -0.39 is 0 Å². The van der Waals surface area contributed by atoms with Crippen LogP contribution in [0.4, 0.5) is 10.8 Å². The van der Waals surface area contributed by atoms with Gasteiger partial charge in [-0.3, -0.25) is 0 Å². The largest absolute Gasteiger partial charge is 0.382 e. The lowest BCUT2D eigenvalue weighted by atomic mass is 9.98. The van der Waals surface area contributed by atoms with Gasteiger partial charge in [-0.15, -0.1) is 11.3 Å². The maximum Gasteiger partial charge on any atom is 0.148 e. The third-order valence-corrected chi connectivity index (χ3v) is 6.14. The Labute approximate surface area is 133 Å². The smallest absolute Gasteiger partial charge is 0.148 e. The maximum atomic E-state index is 6.06. The van der Waals surface area contributed by atoms with E-state index in [9.17, 15) is 0 Å². The molecule has 0 unspecified atom stereocenters. The average molecular weight is 320 g/mol. The highest BCUT2D eigenvalue weighted by molar-refractivity contribution is 7.11. The molecule has 0 bridgehead atoms. The molecule has 2 aromatic rings. The van der Waals surface area contributed by atoms with Gasteiger partial charge in [-0.05, 0) is 61.9 Å². The Kier molecular flexibility index (Phi) is 3.38. The fourth-order valence-corrected chi connectivity index (χ4v) is 4.46. The molecule has 4 nitrogen and oxygen atoms in total. The van der Waals surface area contributed by atoms with E-state index in [1.165, 1.54) is 37.2 Å². The van der Waals surface area contributed by atoms with Gasteiger partial charge in [0.15, 0.2) is 0 Å². The van der Waals surface area contributed by atoms with Crippen LogP contribution < -0.4 is 11.1 Å². The molecule has 21 heavy (non-hydrogen) atoms. The van der Waals surface area contributed by atoms with Crippen molar-refractivity contribution >= 4 is 33.7 Å². The van der Waals surface area contributed by atoms with Crippen molar-refractivity contribution in [2.24, 2.45) is 17.8 Å². The summed E-state index contributed by atoms with van der Waals surface area (Å²) in [6.45, 7) is 3.08. The van der Waals surface area contributed by atoms with E-state index in [1.807, 2.05) is 6.92 Å². The lowest BCUT2D eigenvalue weighted by molar-refractivity contribution is 0.428. The summed E-state index contributed by atoms with van der Waals surface area (Å²) in [5, 5.41) is 7.85. The van der Waals surface area contributed by atoms with Gasteiger partial charge >= 0.3 is 0 Å². The molecule has 6 heteroatoms. The molecule has 2 aliphatic rings. The molecule has 112 valence electrons. The number of nitrogens with two attached hydrogens (primary N) is 1. The molecule has 0 atom stereocenters. The van der Waals surface area contributed by atoms with Crippen LogP contribution in [0, 0.1) is 24.7 Å². The number of rotatable bonds is 6. The molecule has 2 fully saturated rings. The van der Waals surface area contributed by atoms with Crippen molar-refractivity contribution in [2.75, 3.05) is 17.6 Å². The van der Waals surface area contributed by atoms with E-state index in [2.05, 4.69) is 20.1 Å². The van der Waals surface area contributed by atoms with Crippen LogP contribution in [0.2, 0.25) is 0 Å². The summed E-state index contributed by atoms with van der Waals surface area (Å²) >= 11 is 3.12. The Hall–Kier alpha value is -1.14. The first-order chi connectivity index (χ1) is 10.2. The van der Waals surface area contributed by atoms with Gasteiger partial charge in [0.1, 0.15) is 10.8 Å². The first-order valence-corrected chi connectivity index (χ1v) is 9.29. The minimum Gasteiger partial charge on any atom is -0.382 e. The molecule has 2 aromatic heterocycles. The second-order valence-electron chi connectivity index (χ2n) is 6.24. The fraction of sp³-hybridized carbons (Fsp3) is 0.600. The maximum absolute atomic E-state index is 6.06. The van der Waals surface area contributed by atoms with Crippen LogP contribution in [0.25, 0.3) is 11.3 Å². The lowest BCUT2D eigenvalue weighted by Gasteiger charge is -2.16. The van der Waals surface area contributed by atoms with Gasteiger partial charge in [-0.2, -0.15) is 4.37 Å². The zero-order valence-electron chi connectivity index (χ0n) is 12.1. The average Bonchev–Trinajstić information content (AvgIpc) is 3.37. The summed E-state index contributed by atoms with van der Waals surface area (Å²) < 4.78 is 4.32. The van der Waals surface area contributed by atoms with Crippen molar-refractivity contribution in [1.29, 1.82) is 0 Å². The molecule has 4 rings (SSSR count). The molecule has 2 aliphatic carbocycles. The van der Waals surface area contributed by atoms with Crippen molar-refractivity contribution in [1.82, 2.24) is 9.36 Å². The summed E-state index contributed by atoms with van der Waals surface area (Å²) in [5.74, 6) is 3.36. The van der Waals surface area contributed by atoms with Crippen LogP contribution in [-0.4, -0.2) is 15.9 Å². The first-order valence-electron chi connectivity index (χ1n) is 7.64. The van der Waals surface area contributed by atoms with Crippen molar-refractivity contribution in [3.05, 3.63) is 10.4 Å². The van der Waals surface area contributed by atoms with E-state index >= 15 is 0 Å². The van der Waals surface area contributed by atoms with Gasteiger partial charge in [0.2, 0.25) is 0 Å². The van der Waals surface area contributed by atoms with Crippen LogP contribution in [0.5, 0.6) is 0 Å². The Morgan fingerprint density at radius 3 is 2.62 bits per heavy atom. The molecule has 2 saturated carbocycles. The second kappa shape index (κ2) is 5.25. The van der Waals surface area contributed by atoms with Crippen molar-refractivity contribution < 1.29 is 0 Å². The SMILES string of the molecule is Cc1nc(-c2c(N)nsc2NCC(C2CC2)C2CC2)cs1. The Bertz CT molecular complexity index is 628. The summed E-state index contributed by atoms with van der Waals surface area (Å²) in [5.41, 5.74) is 8.01. The standard InChI is InChI=1S/C15H20N4S2/c1-8-18-12(7-20-8)13-14(16)19-21-15(13)17-6-11(9-2-3-9)10-4-5-10/h7,9-11,17H,2-6H2,1H3,(H2,16,19). The van der Waals surface area contributed by atoms with Gasteiger partial charge in [0, 0.05) is 11.9 Å². The molecule has 0 radical (unpaired) electrons. The van der Waals surface area contributed by atoms with Gasteiger partial charge in [0.25, 0.3) is 0 Å². The van der Waals surface area contributed by atoms with Crippen molar-refractivity contribution in [3.63, 3.8) is 0 Å². The van der Waals surface area contributed by atoms with Crippen LogP contribution in [0.1, 0.15) is 30.7 Å². The van der Waals surface area contributed by atoms with Crippen molar-refractivity contribution in [2.45, 2.75) is 32.6 Å². The molecule has 0 spiro atoms. The summed E-state index contributed by atoms with van der Waals surface area (Å²) in [4.78, 5) is 4.56. The van der Waals surface area contributed by atoms with E-state index in [0.29, 0.717) is 5.82 Å². The quantitative estimate of drug-likeness (QED) is 0.844. The molecular weight excluding hydrogens is 300 g/mol. The Morgan fingerprint density at radius 1 is 1.33 bits per heavy atom. The summed E-state index contributed by atoms with van der Waals surface area (Å²) in [6.07, 6.45) is 5.69. The van der Waals surface area contributed by atoms with E-state index in [1.54, 1.807) is 11.3 Å². The molecule has 0 amide bonds. The number of nitrogens with zero attached hydrogens (tertiary/aromatic N) is 2. The highest BCUT2D eigenvalue weighted by Crippen LogP contribution is 2.49. The monoisotopic (exact) mass is 320 g/mol. The number of anilines is 2. The topological polar surface area (TPSA) is 63.8 Å². The predicted octanol–water partition coefficient (Wildman–Crippen LogP) is 4.01. The molecule has 0 saturated heterocycles. The summed E-state index contributed by atoms with van der Waals surface area (Å²) in [6, 6.07) is 0. The van der Waals surface area contributed by atoms with Crippen molar-refractivity contribution in [3.8, 4) is 11.3 Å². The Morgan fingerprint density at radius 2 is 2.05 bits per heavy atom. The third kappa shape index (κ3) is 2.79. The molecule has 3 N–H and O–H groups in total.